The van der Waals surface area contributed by atoms with Gasteiger partial charge in [0.2, 0.25) is 0 Å². The summed E-state index contributed by atoms with van der Waals surface area (Å²) in [6.45, 7) is 3.73. The minimum Gasteiger partial charge on any atom is -0.463 e. The number of likely N-dealkylation sites (tertiary alicyclic amines) is 1. The first-order valence-corrected chi connectivity index (χ1v) is 11.1. The largest absolute Gasteiger partial charge is 0.463 e. The SMILES string of the molecule is O=C(c1ccc(N2CCCCC2)nn1)N1CC2CCCC2(COc2ncc(F)cn2)C1. The zero-order valence-electron chi connectivity index (χ0n) is 17.5. The van der Waals surface area contributed by atoms with E-state index in [1.54, 1.807) is 6.07 Å². The molecule has 0 bridgehead atoms. The van der Waals surface area contributed by atoms with Crippen molar-refractivity contribution in [1.29, 1.82) is 0 Å². The van der Waals surface area contributed by atoms with Crippen LogP contribution in [0.2, 0.25) is 0 Å². The molecule has 0 N–H and O–H groups in total. The van der Waals surface area contributed by atoms with Crippen LogP contribution in [0, 0.1) is 17.2 Å². The van der Waals surface area contributed by atoms with E-state index in [-0.39, 0.29) is 17.3 Å². The van der Waals surface area contributed by atoms with Crippen LogP contribution in [-0.2, 0) is 0 Å². The summed E-state index contributed by atoms with van der Waals surface area (Å²) in [5, 5.41) is 8.57. The van der Waals surface area contributed by atoms with Crippen LogP contribution in [0.15, 0.2) is 24.5 Å². The van der Waals surface area contributed by atoms with Crippen molar-refractivity contribution in [1.82, 2.24) is 25.1 Å². The summed E-state index contributed by atoms with van der Waals surface area (Å²) >= 11 is 0. The Morgan fingerprint density at radius 2 is 1.94 bits per heavy atom. The fourth-order valence-electron chi connectivity index (χ4n) is 5.28. The second-order valence-corrected chi connectivity index (χ2v) is 8.93. The fraction of sp³-hybridized carbons (Fsp3) is 0.591. The Hall–Kier alpha value is -2.84. The predicted molar refractivity (Wildman–Crippen MR) is 111 cm³/mol. The third-order valence-corrected chi connectivity index (χ3v) is 6.96. The van der Waals surface area contributed by atoms with Gasteiger partial charge in [-0.3, -0.25) is 4.79 Å². The van der Waals surface area contributed by atoms with E-state index in [2.05, 4.69) is 25.1 Å². The molecule has 9 heteroatoms. The maximum Gasteiger partial charge on any atom is 0.316 e. The standard InChI is InChI=1S/C22H27FN6O2/c23-17-11-24-21(25-12-17)31-15-22-8-4-5-16(22)13-29(14-22)20(30)18-6-7-19(27-26-18)28-9-2-1-3-10-28/h6-7,11-12,16H,1-5,8-10,13-15H2. The van der Waals surface area contributed by atoms with Gasteiger partial charge in [0.05, 0.1) is 19.0 Å². The number of hydrogen-bond donors (Lipinski definition) is 0. The number of halogens is 1. The molecule has 164 valence electrons. The van der Waals surface area contributed by atoms with Gasteiger partial charge in [-0.2, -0.15) is 0 Å². The molecule has 3 aliphatic rings. The lowest BCUT2D eigenvalue weighted by Crippen LogP contribution is -2.36. The normalized spacial score (nSPS) is 25.5. The molecular weight excluding hydrogens is 399 g/mol. The lowest BCUT2D eigenvalue weighted by atomic mass is 9.82. The second kappa shape index (κ2) is 8.36. The molecule has 5 rings (SSSR count). The Morgan fingerprint density at radius 1 is 1.13 bits per heavy atom. The van der Waals surface area contributed by atoms with Crippen molar-refractivity contribution < 1.29 is 13.9 Å². The molecule has 2 aromatic heterocycles. The van der Waals surface area contributed by atoms with Crippen LogP contribution < -0.4 is 9.64 Å². The number of rotatable bonds is 5. The first-order valence-electron chi connectivity index (χ1n) is 11.1. The van der Waals surface area contributed by atoms with Crippen LogP contribution in [0.3, 0.4) is 0 Å². The fourth-order valence-corrected chi connectivity index (χ4v) is 5.28. The Morgan fingerprint density at radius 3 is 2.68 bits per heavy atom. The number of fused-ring (bicyclic) bond motifs is 1. The highest BCUT2D eigenvalue weighted by molar-refractivity contribution is 5.92. The molecule has 31 heavy (non-hydrogen) atoms. The van der Waals surface area contributed by atoms with Gasteiger partial charge in [0.25, 0.3) is 5.91 Å². The first kappa shape index (κ1) is 20.1. The third kappa shape index (κ3) is 4.05. The van der Waals surface area contributed by atoms with E-state index >= 15 is 0 Å². The minimum absolute atomic E-state index is 0.0792. The number of nitrogens with zero attached hydrogens (tertiary/aromatic N) is 6. The average molecular weight is 426 g/mol. The van der Waals surface area contributed by atoms with Crippen molar-refractivity contribution in [2.24, 2.45) is 11.3 Å². The number of carbonyl (C=O) groups excluding carboxylic acids is 1. The molecule has 3 fully saturated rings. The number of piperidine rings is 1. The third-order valence-electron chi connectivity index (χ3n) is 6.96. The zero-order valence-corrected chi connectivity index (χ0v) is 17.5. The molecule has 0 spiro atoms. The van der Waals surface area contributed by atoms with Crippen LogP contribution in [0.5, 0.6) is 6.01 Å². The highest BCUT2D eigenvalue weighted by Gasteiger charge is 2.51. The molecule has 1 amide bonds. The molecular formula is C22H27FN6O2. The highest BCUT2D eigenvalue weighted by atomic mass is 19.1. The number of hydrogen-bond acceptors (Lipinski definition) is 7. The zero-order chi connectivity index (χ0) is 21.3. The summed E-state index contributed by atoms with van der Waals surface area (Å²) < 4.78 is 18.8. The van der Waals surface area contributed by atoms with Crippen molar-refractivity contribution >= 4 is 11.7 Å². The smallest absolute Gasteiger partial charge is 0.316 e. The lowest BCUT2D eigenvalue weighted by Gasteiger charge is -2.28. The van der Waals surface area contributed by atoms with Crippen LogP contribution in [0.1, 0.15) is 49.0 Å². The van der Waals surface area contributed by atoms with E-state index in [9.17, 15) is 9.18 Å². The van der Waals surface area contributed by atoms with Gasteiger partial charge >= 0.3 is 6.01 Å². The van der Waals surface area contributed by atoms with Crippen molar-refractivity contribution in [2.45, 2.75) is 38.5 Å². The number of amides is 1. The molecule has 1 saturated carbocycles. The van der Waals surface area contributed by atoms with Gasteiger partial charge in [-0.25, -0.2) is 14.4 Å². The van der Waals surface area contributed by atoms with Crippen molar-refractivity contribution in [3.8, 4) is 6.01 Å². The molecule has 2 saturated heterocycles. The maximum absolute atomic E-state index is 13.1. The summed E-state index contributed by atoms with van der Waals surface area (Å²) in [7, 11) is 0. The van der Waals surface area contributed by atoms with E-state index in [0.717, 1.165) is 50.6 Å². The summed E-state index contributed by atoms with van der Waals surface area (Å²) in [5.74, 6) is 0.648. The van der Waals surface area contributed by atoms with Crippen LogP contribution in [-0.4, -0.2) is 63.8 Å². The van der Waals surface area contributed by atoms with Crippen LogP contribution >= 0.6 is 0 Å². The summed E-state index contributed by atoms with van der Waals surface area (Å²) in [4.78, 5) is 25.0. The van der Waals surface area contributed by atoms with Crippen molar-refractivity contribution in [3.05, 3.63) is 36.0 Å². The number of ether oxygens (including phenoxy) is 1. The van der Waals surface area contributed by atoms with Gasteiger partial charge in [0.1, 0.15) is 0 Å². The predicted octanol–water partition coefficient (Wildman–Crippen LogP) is 2.72. The summed E-state index contributed by atoms with van der Waals surface area (Å²) in [5.41, 5.74) is 0.271. The molecule has 4 heterocycles. The molecule has 2 aliphatic heterocycles. The second-order valence-electron chi connectivity index (χ2n) is 8.93. The number of carbonyl (C=O) groups is 1. The van der Waals surface area contributed by atoms with Crippen molar-refractivity contribution in [3.63, 3.8) is 0 Å². The lowest BCUT2D eigenvalue weighted by molar-refractivity contribution is 0.0735. The Balaban J connectivity index is 1.24. The van der Waals surface area contributed by atoms with Crippen molar-refractivity contribution in [2.75, 3.05) is 37.7 Å². The van der Waals surface area contributed by atoms with Gasteiger partial charge in [0.15, 0.2) is 17.3 Å². The van der Waals surface area contributed by atoms with E-state index in [0.29, 0.717) is 31.3 Å². The monoisotopic (exact) mass is 426 g/mol. The number of aromatic nitrogens is 4. The van der Waals surface area contributed by atoms with E-state index in [4.69, 9.17) is 4.74 Å². The minimum atomic E-state index is -0.491. The van der Waals surface area contributed by atoms with Crippen LogP contribution in [0.4, 0.5) is 10.2 Å². The Bertz CT molecular complexity index is 919. The van der Waals surface area contributed by atoms with Crippen LogP contribution in [0.25, 0.3) is 0 Å². The van der Waals surface area contributed by atoms with Gasteiger partial charge in [0, 0.05) is 31.6 Å². The van der Waals surface area contributed by atoms with E-state index in [1.165, 1.54) is 19.3 Å². The van der Waals surface area contributed by atoms with Gasteiger partial charge in [-0.15, -0.1) is 10.2 Å². The molecule has 2 atom stereocenters. The van der Waals surface area contributed by atoms with E-state index < -0.39 is 5.82 Å². The molecule has 0 aromatic carbocycles. The van der Waals surface area contributed by atoms with Gasteiger partial charge in [-0.05, 0) is 50.2 Å². The molecule has 2 unspecified atom stereocenters. The van der Waals surface area contributed by atoms with Gasteiger partial charge < -0.3 is 14.5 Å². The molecule has 0 radical (unpaired) electrons. The highest BCUT2D eigenvalue weighted by Crippen LogP contribution is 2.49. The topological polar surface area (TPSA) is 84.3 Å². The Kier molecular flexibility index (Phi) is 5.41. The van der Waals surface area contributed by atoms with E-state index in [1.807, 2.05) is 11.0 Å². The summed E-state index contributed by atoms with van der Waals surface area (Å²) in [6, 6.07) is 3.88. The summed E-state index contributed by atoms with van der Waals surface area (Å²) in [6.07, 6.45) is 8.97. The van der Waals surface area contributed by atoms with Gasteiger partial charge in [-0.1, -0.05) is 6.42 Å². The number of anilines is 1. The Labute approximate surface area is 180 Å². The molecule has 8 nitrogen and oxygen atoms in total. The molecule has 1 aliphatic carbocycles. The first-order chi connectivity index (χ1) is 15.1. The average Bonchev–Trinajstić information content (AvgIpc) is 3.37. The quantitative estimate of drug-likeness (QED) is 0.727. The maximum atomic E-state index is 13.1. The molecule has 2 aromatic rings.